The second-order valence-corrected chi connectivity index (χ2v) is 6.85. The molecule has 0 spiro atoms. The summed E-state index contributed by atoms with van der Waals surface area (Å²) in [6.45, 7) is 2.64. The number of nitrogens with two attached hydrogens (primary N) is 1. The molecule has 1 aliphatic heterocycles. The summed E-state index contributed by atoms with van der Waals surface area (Å²) in [5, 5.41) is 22.5. The summed E-state index contributed by atoms with van der Waals surface area (Å²) < 4.78 is 0. The number of carbonyl (C=O) groups is 2. The Labute approximate surface area is 136 Å². The molecule has 2 amide bonds. The van der Waals surface area contributed by atoms with E-state index in [2.05, 4.69) is 11.4 Å². The number of primary amides is 1. The van der Waals surface area contributed by atoms with E-state index in [1.165, 1.54) is 0 Å². The SMILES string of the molecule is CC(C(=O)NC1(C#N)CCCCC1)N1CCC(O)(C(N)=O)CC1. The van der Waals surface area contributed by atoms with Gasteiger partial charge < -0.3 is 16.2 Å². The fourth-order valence-electron chi connectivity index (χ4n) is 3.45. The summed E-state index contributed by atoms with van der Waals surface area (Å²) in [6.07, 6.45) is 4.86. The van der Waals surface area contributed by atoms with E-state index in [0.717, 1.165) is 19.3 Å². The van der Waals surface area contributed by atoms with E-state index in [4.69, 9.17) is 5.73 Å². The van der Waals surface area contributed by atoms with Gasteiger partial charge >= 0.3 is 0 Å². The van der Waals surface area contributed by atoms with Gasteiger partial charge in [-0.1, -0.05) is 19.3 Å². The zero-order valence-electron chi connectivity index (χ0n) is 13.7. The van der Waals surface area contributed by atoms with Crippen molar-refractivity contribution in [2.24, 2.45) is 5.73 Å². The molecule has 2 rings (SSSR count). The van der Waals surface area contributed by atoms with E-state index in [-0.39, 0.29) is 18.7 Å². The van der Waals surface area contributed by atoms with Crippen molar-refractivity contribution in [3.63, 3.8) is 0 Å². The third-order valence-corrected chi connectivity index (χ3v) is 5.29. The number of nitriles is 1. The molecule has 4 N–H and O–H groups in total. The molecular weight excluding hydrogens is 296 g/mol. The second kappa shape index (κ2) is 6.85. The van der Waals surface area contributed by atoms with Crippen molar-refractivity contribution in [1.29, 1.82) is 5.26 Å². The predicted octanol–water partition coefficient (Wildman–Crippen LogP) is 0.0298. The maximum atomic E-state index is 12.5. The van der Waals surface area contributed by atoms with Gasteiger partial charge in [0, 0.05) is 13.1 Å². The summed E-state index contributed by atoms with van der Waals surface area (Å²) in [5.41, 5.74) is 3.01. The Morgan fingerprint density at radius 2 is 1.78 bits per heavy atom. The number of hydrogen-bond donors (Lipinski definition) is 3. The minimum Gasteiger partial charge on any atom is -0.380 e. The molecule has 0 radical (unpaired) electrons. The monoisotopic (exact) mass is 322 g/mol. The molecule has 0 bridgehead atoms. The van der Waals surface area contributed by atoms with Gasteiger partial charge in [0.25, 0.3) is 0 Å². The van der Waals surface area contributed by atoms with Crippen molar-refractivity contribution in [2.75, 3.05) is 13.1 Å². The van der Waals surface area contributed by atoms with E-state index in [1.54, 1.807) is 6.92 Å². The van der Waals surface area contributed by atoms with Gasteiger partial charge in [0.05, 0.1) is 12.1 Å². The van der Waals surface area contributed by atoms with E-state index >= 15 is 0 Å². The lowest BCUT2D eigenvalue weighted by molar-refractivity contribution is -0.143. The fraction of sp³-hybridized carbons (Fsp3) is 0.812. The predicted molar refractivity (Wildman–Crippen MR) is 84.0 cm³/mol. The van der Waals surface area contributed by atoms with Crippen LogP contribution in [0.25, 0.3) is 0 Å². The molecule has 7 heteroatoms. The Morgan fingerprint density at radius 3 is 2.26 bits per heavy atom. The van der Waals surface area contributed by atoms with Gasteiger partial charge in [0.15, 0.2) is 0 Å². The van der Waals surface area contributed by atoms with E-state index in [9.17, 15) is 20.0 Å². The van der Waals surface area contributed by atoms with E-state index in [0.29, 0.717) is 25.9 Å². The topological polar surface area (TPSA) is 119 Å². The number of amides is 2. The standard InChI is InChI=1S/C16H26N4O3/c1-12(20-9-7-16(23,8-10-20)14(18)22)13(21)19-15(11-17)5-3-2-4-6-15/h12,23H,2-10H2,1H3,(H2,18,22)(H,19,21). The van der Waals surface area contributed by atoms with E-state index in [1.807, 2.05) is 4.90 Å². The van der Waals surface area contributed by atoms with Crippen LogP contribution in [0.15, 0.2) is 0 Å². The third-order valence-electron chi connectivity index (χ3n) is 5.29. The molecule has 0 aromatic carbocycles. The summed E-state index contributed by atoms with van der Waals surface area (Å²) in [6, 6.07) is 1.88. The van der Waals surface area contributed by atoms with Crippen molar-refractivity contribution in [3.8, 4) is 6.07 Å². The summed E-state index contributed by atoms with van der Waals surface area (Å²) in [7, 11) is 0. The van der Waals surface area contributed by atoms with Crippen LogP contribution >= 0.6 is 0 Å². The first-order chi connectivity index (χ1) is 10.8. The first-order valence-electron chi connectivity index (χ1n) is 8.32. The summed E-state index contributed by atoms with van der Waals surface area (Å²) >= 11 is 0. The van der Waals surface area contributed by atoms with Gasteiger partial charge in [-0.05, 0) is 32.6 Å². The third kappa shape index (κ3) is 3.82. The normalized spacial score (nSPS) is 25.1. The Hall–Kier alpha value is -1.65. The minimum atomic E-state index is -1.47. The number of piperidine rings is 1. The highest BCUT2D eigenvalue weighted by atomic mass is 16.3. The highest BCUT2D eigenvalue weighted by Gasteiger charge is 2.41. The molecule has 1 atom stereocenters. The van der Waals surface area contributed by atoms with Crippen LogP contribution in [-0.4, -0.2) is 52.1 Å². The summed E-state index contributed by atoms with van der Waals surface area (Å²) in [4.78, 5) is 25.7. The Morgan fingerprint density at radius 1 is 1.22 bits per heavy atom. The average Bonchev–Trinajstić information content (AvgIpc) is 2.55. The Balaban J connectivity index is 1.93. The quantitative estimate of drug-likeness (QED) is 0.674. The molecule has 0 aromatic heterocycles. The number of rotatable bonds is 4. The van der Waals surface area contributed by atoms with E-state index < -0.39 is 23.1 Å². The lowest BCUT2D eigenvalue weighted by Crippen LogP contribution is -2.58. The van der Waals surface area contributed by atoms with Crippen LogP contribution in [-0.2, 0) is 9.59 Å². The maximum Gasteiger partial charge on any atom is 0.249 e. The molecule has 1 saturated carbocycles. The van der Waals surface area contributed by atoms with Crippen LogP contribution in [0, 0.1) is 11.3 Å². The highest BCUT2D eigenvalue weighted by molar-refractivity contribution is 5.84. The zero-order valence-corrected chi connectivity index (χ0v) is 13.7. The first kappa shape index (κ1) is 17.7. The van der Waals surface area contributed by atoms with Crippen LogP contribution in [0.3, 0.4) is 0 Å². The van der Waals surface area contributed by atoms with Gasteiger partial charge in [-0.3, -0.25) is 14.5 Å². The molecule has 1 unspecified atom stereocenters. The molecule has 1 aliphatic carbocycles. The molecular formula is C16H26N4O3. The number of nitrogens with zero attached hydrogens (tertiary/aromatic N) is 2. The minimum absolute atomic E-state index is 0.169. The summed E-state index contributed by atoms with van der Waals surface area (Å²) in [5.74, 6) is -0.877. The Bertz CT molecular complexity index is 500. The number of carbonyl (C=O) groups excluding carboxylic acids is 2. The van der Waals surface area contributed by atoms with Gasteiger partial charge in [0.2, 0.25) is 11.8 Å². The Kier molecular flexibility index (Phi) is 5.27. The van der Waals surface area contributed by atoms with Gasteiger partial charge in [0.1, 0.15) is 11.1 Å². The molecule has 1 heterocycles. The number of aliphatic hydroxyl groups is 1. The molecule has 2 fully saturated rings. The van der Waals surface area contributed by atoms with Crippen molar-refractivity contribution in [2.45, 2.75) is 69.1 Å². The number of nitrogens with one attached hydrogen (secondary N) is 1. The van der Waals surface area contributed by atoms with Crippen LogP contribution in [0.4, 0.5) is 0 Å². The average molecular weight is 322 g/mol. The van der Waals surface area contributed by atoms with Crippen LogP contribution in [0.2, 0.25) is 0 Å². The first-order valence-corrected chi connectivity index (χ1v) is 8.32. The van der Waals surface area contributed by atoms with Gasteiger partial charge in [-0.2, -0.15) is 5.26 Å². The second-order valence-electron chi connectivity index (χ2n) is 6.85. The van der Waals surface area contributed by atoms with Crippen molar-refractivity contribution in [1.82, 2.24) is 10.2 Å². The smallest absolute Gasteiger partial charge is 0.249 e. The number of likely N-dealkylation sites (tertiary alicyclic amines) is 1. The highest BCUT2D eigenvalue weighted by Crippen LogP contribution is 2.28. The van der Waals surface area contributed by atoms with Gasteiger partial charge in [-0.25, -0.2) is 0 Å². The molecule has 1 saturated heterocycles. The molecule has 2 aliphatic rings. The van der Waals surface area contributed by atoms with Crippen LogP contribution in [0.5, 0.6) is 0 Å². The molecule has 128 valence electrons. The molecule has 7 nitrogen and oxygen atoms in total. The lowest BCUT2D eigenvalue weighted by atomic mass is 9.82. The van der Waals surface area contributed by atoms with Crippen molar-refractivity contribution in [3.05, 3.63) is 0 Å². The van der Waals surface area contributed by atoms with Crippen LogP contribution in [0.1, 0.15) is 51.9 Å². The van der Waals surface area contributed by atoms with Gasteiger partial charge in [-0.15, -0.1) is 0 Å². The molecule has 0 aromatic rings. The van der Waals surface area contributed by atoms with Crippen molar-refractivity contribution < 1.29 is 14.7 Å². The van der Waals surface area contributed by atoms with Crippen LogP contribution < -0.4 is 11.1 Å². The fourth-order valence-corrected chi connectivity index (χ4v) is 3.45. The molecule has 23 heavy (non-hydrogen) atoms. The largest absolute Gasteiger partial charge is 0.380 e. The maximum absolute atomic E-state index is 12.5. The van der Waals surface area contributed by atoms with Crippen molar-refractivity contribution >= 4 is 11.8 Å². The lowest BCUT2D eigenvalue weighted by Gasteiger charge is -2.40. The number of hydrogen-bond acceptors (Lipinski definition) is 5. The zero-order chi connectivity index (χ0) is 17.1.